The molecule has 0 aliphatic carbocycles. The van der Waals surface area contributed by atoms with Gasteiger partial charge in [-0.1, -0.05) is 29.8 Å². The lowest BCUT2D eigenvalue weighted by atomic mass is 9.92. The highest BCUT2D eigenvalue weighted by Gasteiger charge is 2.30. The topological polar surface area (TPSA) is 15.3 Å². The summed E-state index contributed by atoms with van der Waals surface area (Å²) >= 11 is 3.67. The molecule has 0 amide bonds. The molecule has 0 aromatic heterocycles. The van der Waals surface area contributed by atoms with Crippen LogP contribution < -0.4 is 10.2 Å². The highest BCUT2D eigenvalue weighted by Crippen LogP contribution is 2.30. The Kier molecular flexibility index (Phi) is 5.14. The zero-order valence-electron chi connectivity index (χ0n) is 13.2. The van der Waals surface area contributed by atoms with Crippen LogP contribution in [0.3, 0.4) is 0 Å². The number of nitrogens with zero attached hydrogens (tertiary/aromatic N) is 1. The minimum Gasteiger partial charge on any atom is -0.370 e. The molecule has 0 radical (unpaired) electrons. The molecule has 1 aliphatic heterocycles. The van der Waals surface area contributed by atoms with Gasteiger partial charge in [0, 0.05) is 28.8 Å². The Balaban J connectivity index is 2.31. The number of benzene rings is 1. The van der Waals surface area contributed by atoms with Crippen LogP contribution in [0.1, 0.15) is 44.2 Å². The smallest absolute Gasteiger partial charge is 0.0372 e. The molecular formula is C17H27BrN2. The van der Waals surface area contributed by atoms with Gasteiger partial charge in [0.2, 0.25) is 0 Å². The number of halogens is 1. The average molecular weight is 339 g/mol. The van der Waals surface area contributed by atoms with Gasteiger partial charge in [-0.3, -0.25) is 0 Å². The van der Waals surface area contributed by atoms with Crippen molar-refractivity contribution in [2.24, 2.45) is 0 Å². The number of rotatable bonds is 3. The second-order valence-corrected chi connectivity index (χ2v) is 6.88. The van der Waals surface area contributed by atoms with Crippen molar-refractivity contribution in [3.05, 3.63) is 27.7 Å². The molecule has 20 heavy (non-hydrogen) atoms. The molecule has 2 nitrogen and oxygen atoms in total. The average Bonchev–Trinajstić information content (AvgIpc) is 2.67. The Morgan fingerprint density at radius 1 is 1.20 bits per heavy atom. The maximum atomic E-state index is 3.78. The van der Waals surface area contributed by atoms with E-state index in [1.807, 2.05) is 0 Å². The van der Waals surface area contributed by atoms with E-state index in [-0.39, 0.29) is 5.54 Å². The van der Waals surface area contributed by atoms with E-state index in [9.17, 15) is 0 Å². The Morgan fingerprint density at radius 3 is 2.35 bits per heavy atom. The fraction of sp³-hybridized carbons (Fsp3) is 0.647. The van der Waals surface area contributed by atoms with Gasteiger partial charge in [0.25, 0.3) is 0 Å². The standard InChI is InChI=1S/C17H27BrN2/c1-5-17(6-2)12-20(9-7-8-19-17)15-10-13(3)16(18)14(4)11-15/h10-11,19H,5-9,12H2,1-4H3. The van der Waals surface area contributed by atoms with Crippen LogP contribution in [0.5, 0.6) is 0 Å². The van der Waals surface area contributed by atoms with Crippen molar-refractivity contribution in [1.82, 2.24) is 5.32 Å². The zero-order chi connectivity index (χ0) is 14.8. The summed E-state index contributed by atoms with van der Waals surface area (Å²) in [6.45, 7) is 12.4. The third kappa shape index (κ3) is 3.20. The molecular weight excluding hydrogens is 312 g/mol. The predicted molar refractivity (Wildman–Crippen MR) is 91.8 cm³/mol. The van der Waals surface area contributed by atoms with Crippen molar-refractivity contribution in [3.63, 3.8) is 0 Å². The van der Waals surface area contributed by atoms with E-state index in [1.165, 1.54) is 40.5 Å². The van der Waals surface area contributed by atoms with Gasteiger partial charge in [-0.05, 0) is 62.9 Å². The third-order valence-electron chi connectivity index (χ3n) is 4.74. The Hall–Kier alpha value is -0.540. The SMILES string of the molecule is CCC1(CC)CN(c2cc(C)c(Br)c(C)c2)CCCN1. The Bertz CT molecular complexity index is 443. The van der Waals surface area contributed by atoms with Crippen LogP contribution in [0.2, 0.25) is 0 Å². The predicted octanol–water partition coefficient (Wildman–Crippen LogP) is 4.42. The van der Waals surface area contributed by atoms with E-state index in [1.54, 1.807) is 0 Å². The lowest BCUT2D eigenvalue weighted by Crippen LogP contribution is -2.50. The lowest BCUT2D eigenvalue weighted by molar-refractivity contribution is 0.321. The van der Waals surface area contributed by atoms with Crippen LogP contribution in [0, 0.1) is 13.8 Å². The molecule has 0 saturated carbocycles. The van der Waals surface area contributed by atoms with E-state index >= 15 is 0 Å². The van der Waals surface area contributed by atoms with Crippen molar-refractivity contribution in [1.29, 1.82) is 0 Å². The normalized spacial score (nSPS) is 18.9. The molecule has 1 fully saturated rings. The van der Waals surface area contributed by atoms with Gasteiger partial charge >= 0.3 is 0 Å². The molecule has 1 saturated heterocycles. The van der Waals surface area contributed by atoms with Crippen LogP contribution in [-0.2, 0) is 0 Å². The zero-order valence-corrected chi connectivity index (χ0v) is 14.8. The first kappa shape index (κ1) is 15.8. The van der Waals surface area contributed by atoms with E-state index < -0.39 is 0 Å². The second-order valence-electron chi connectivity index (χ2n) is 6.08. The molecule has 1 N–H and O–H groups in total. The fourth-order valence-corrected chi connectivity index (χ4v) is 3.40. The van der Waals surface area contributed by atoms with Crippen molar-refractivity contribution in [3.8, 4) is 0 Å². The minimum absolute atomic E-state index is 0.269. The third-order valence-corrected chi connectivity index (χ3v) is 5.99. The van der Waals surface area contributed by atoms with Crippen molar-refractivity contribution >= 4 is 21.6 Å². The first-order valence-electron chi connectivity index (χ1n) is 7.78. The van der Waals surface area contributed by atoms with Crippen LogP contribution in [0.25, 0.3) is 0 Å². The van der Waals surface area contributed by atoms with Gasteiger partial charge in [0.15, 0.2) is 0 Å². The molecule has 1 heterocycles. The summed E-state index contributed by atoms with van der Waals surface area (Å²) in [4.78, 5) is 2.57. The highest BCUT2D eigenvalue weighted by molar-refractivity contribution is 9.10. The fourth-order valence-electron chi connectivity index (χ4n) is 3.17. The Labute approximate surface area is 132 Å². The van der Waals surface area contributed by atoms with Crippen LogP contribution in [0.15, 0.2) is 16.6 Å². The Morgan fingerprint density at radius 2 is 1.80 bits per heavy atom. The number of anilines is 1. The second kappa shape index (κ2) is 6.48. The van der Waals surface area contributed by atoms with Crippen LogP contribution in [-0.4, -0.2) is 25.2 Å². The summed E-state index contributed by atoms with van der Waals surface area (Å²) in [5.74, 6) is 0. The monoisotopic (exact) mass is 338 g/mol. The van der Waals surface area contributed by atoms with Gasteiger partial charge in [-0.15, -0.1) is 0 Å². The number of nitrogens with one attached hydrogen (secondary N) is 1. The maximum Gasteiger partial charge on any atom is 0.0372 e. The summed E-state index contributed by atoms with van der Waals surface area (Å²) in [5, 5.41) is 3.78. The molecule has 0 unspecified atom stereocenters. The summed E-state index contributed by atoms with van der Waals surface area (Å²) in [7, 11) is 0. The summed E-state index contributed by atoms with van der Waals surface area (Å²) in [5.41, 5.74) is 4.30. The van der Waals surface area contributed by atoms with Gasteiger partial charge in [-0.25, -0.2) is 0 Å². The highest BCUT2D eigenvalue weighted by atomic mass is 79.9. The molecule has 112 valence electrons. The molecule has 0 atom stereocenters. The molecule has 2 rings (SSSR count). The first-order valence-corrected chi connectivity index (χ1v) is 8.57. The number of hydrogen-bond donors (Lipinski definition) is 1. The van der Waals surface area contributed by atoms with Crippen molar-refractivity contribution in [2.45, 2.75) is 52.5 Å². The van der Waals surface area contributed by atoms with E-state index in [4.69, 9.17) is 0 Å². The summed E-state index contributed by atoms with van der Waals surface area (Å²) < 4.78 is 1.24. The molecule has 3 heteroatoms. The molecule has 0 spiro atoms. The van der Waals surface area contributed by atoms with Crippen molar-refractivity contribution < 1.29 is 0 Å². The molecule has 1 aromatic carbocycles. The first-order chi connectivity index (χ1) is 9.51. The van der Waals surface area contributed by atoms with E-state index in [2.05, 4.69) is 66.0 Å². The molecule has 1 aliphatic rings. The quantitative estimate of drug-likeness (QED) is 0.877. The van der Waals surface area contributed by atoms with Gasteiger partial charge in [0.1, 0.15) is 0 Å². The lowest BCUT2D eigenvalue weighted by Gasteiger charge is -2.36. The largest absolute Gasteiger partial charge is 0.370 e. The van der Waals surface area contributed by atoms with E-state index in [0.717, 1.165) is 19.6 Å². The number of hydrogen-bond acceptors (Lipinski definition) is 2. The van der Waals surface area contributed by atoms with Gasteiger partial charge in [0.05, 0.1) is 0 Å². The van der Waals surface area contributed by atoms with Crippen LogP contribution in [0.4, 0.5) is 5.69 Å². The molecule has 1 aromatic rings. The number of aryl methyl sites for hydroxylation is 2. The van der Waals surface area contributed by atoms with Gasteiger partial charge < -0.3 is 10.2 Å². The minimum atomic E-state index is 0.269. The van der Waals surface area contributed by atoms with Crippen LogP contribution >= 0.6 is 15.9 Å². The molecule has 0 bridgehead atoms. The summed E-state index contributed by atoms with van der Waals surface area (Å²) in [6.07, 6.45) is 3.60. The van der Waals surface area contributed by atoms with E-state index in [0.29, 0.717) is 0 Å². The maximum absolute atomic E-state index is 3.78. The van der Waals surface area contributed by atoms with Crippen molar-refractivity contribution in [2.75, 3.05) is 24.5 Å². The van der Waals surface area contributed by atoms with Gasteiger partial charge in [-0.2, -0.15) is 0 Å². The summed E-state index contributed by atoms with van der Waals surface area (Å²) in [6, 6.07) is 4.64.